The smallest absolute Gasteiger partial charge is 0.346 e. The molecule has 0 fully saturated rings. The molecule has 8 rings (SSSR count). The van der Waals surface area contributed by atoms with E-state index in [1.54, 1.807) is 11.3 Å². The van der Waals surface area contributed by atoms with E-state index in [1.165, 1.54) is 0 Å². The second kappa shape index (κ2) is 10.2. The molecule has 4 heterocycles. The normalized spacial score (nSPS) is 11.3. The molecule has 0 amide bonds. The third-order valence-corrected chi connectivity index (χ3v) is 8.30. The number of rotatable bonds is 4. The van der Waals surface area contributed by atoms with Gasteiger partial charge in [-0.2, -0.15) is 11.3 Å². The molecule has 0 saturated heterocycles. The van der Waals surface area contributed by atoms with Gasteiger partial charge in [-0.25, -0.2) is 4.98 Å². The quantitative estimate of drug-likeness (QED) is 0.172. The van der Waals surface area contributed by atoms with Crippen molar-refractivity contribution in [2.24, 2.45) is 7.05 Å². The van der Waals surface area contributed by atoms with Gasteiger partial charge in [0, 0.05) is 40.9 Å². The van der Waals surface area contributed by atoms with Gasteiger partial charge in [0.1, 0.15) is 5.82 Å². The number of fused-ring (bicyclic) bond motifs is 4. The summed E-state index contributed by atoms with van der Waals surface area (Å²) in [6, 6.07) is 38.5. The first-order chi connectivity index (χ1) is 19.7. The van der Waals surface area contributed by atoms with Crippen LogP contribution in [0.4, 0.5) is 0 Å². The van der Waals surface area contributed by atoms with E-state index in [-0.39, 0.29) is 21.1 Å². The SMILES string of the molecule is Cn1ccnc1-c1cc(-c2nc3ccccc3s2)[c-]c2c1c1ccccc1n2-c1[c-]c(-c2ccccn2)ccc1.[Pt+2]. The van der Waals surface area contributed by atoms with Gasteiger partial charge in [-0.15, -0.1) is 47.5 Å². The summed E-state index contributed by atoms with van der Waals surface area (Å²) < 4.78 is 5.47. The molecule has 0 aliphatic rings. The van der Waals surface area contributed by atoms with Gasteiger partial charge in [-0.1, -0.05) is 53.4 Å². The average molecular weight is 727 g/mol. The fourth-order valence-electron chi connectivity index (χ4n) is 5.42. The molecule has 0 saturated carbocycles. The first-order valence-corrected chi connectivity index (χ1v) is 13.8. The van der Waals surface area contributed by atoms with Crippen molar-refractivity contribution in [3.63, 3.8) is 0 Å². The van der Waals surface area contributed by atoms with Crippen molar-refractivity contribution in [1.82, 2.24) is 24.1 Å². The number of imidazole rings is 1. The van der Waals surface area contributed by atoms with Gasteiger partial charge in [0.25, 0.3) is 0 Å². The Balaban J connectivity index is 0.00000276. The van der Waals surface area contributed by atoms with Gasteiger partial charge in [-0.3, -0.25) is 4.98 Å². The van der Waals surface area contributed by atoms with Crippen LogP contribution in [0.2, 0.25) is 0 Å². The van der Waals surface area contributed by atoms with Crippen molar-refractivity contribution >= 4 is 43.4 Å². The van der Waals surface area contributed by atoms with E-state index in [2.05, 4.69) is 93.0 Å². The monoisotopic (exact) mass is 726 g/mol. The molecule has 5 nitrogen and oxygen atoms in total. The van der Waals surface area contributed by atoms with Gasteiger partial charge in [0.15, 0.2) is 0 Å². The van der Waals surface area contributed by atoms with Crippen LogP contribution in [0.1, 0.15) is 0 Å². The Morgan fingerprint density at radius 2 is 1.63 bits per heavy atom. The molecule has 0 N–H and O–H groups in total. The summed E-state index contributed by atoms with van der Waals surface area (Å²) in [5.41, 5.74) is 7.78. The first kappa shape index (κ1) is 25.6. The maximum Gasteiger partial charge on any atom is 2.00 e. The fourth-order valence-corrected chi connectivity index (χ4v) is 6.36. The third kappa shape index (κ3) is 4.22. The molecule has 0 atom stereocenters. The van der Waals surface area contributed by atoms with E-state index >= 15 is 0 Å². The summed E-state index contributed by atoms with van der Waals surface area (Å²) in [5, 5.41) is 3.17. The predicted molar refractivity (Wildman–Crippen MR) is 162 cm³/mol. The van der Waals surface area contributed by atoms with Crippen LogP contribution in [0.3, 0.4) is 0 Å². The van der Waals surface area contributed by atoms with Crippen LogP contribution < -0.4 is 0 Å². The number of pyridine rings is 1. The summed E-state index contributed by atoms with van der Waals surface area (Å²) in [6.07, 6.45) is 5.64. The van der Waals surface area contributed by atoms with E-state index in [0.717, 1.165) is 70.9 Å². The Kier molecular flexibility index (Phi) is 6.38. The van der Waals surface area contributed by atoms with Crippen molar-refractivity contribution in [2.45, 2.75) is 0 Å². The molecule has 0 aliphatic carbocycles. The molecule has 4 aromatic carbocycles. The molecule has 0 radical (unpaired) electrons. The van der Waals surface area contributed by atoms with Crippen LogP contribution >= 0.6 is 11.3 Å². The van der Waals surface area contributed by atoms with Gasteiger partial charge in [0.2, 0.25) is 0 Å². The molecule has 0 bridgehead atoms. The Morgan fingerprint density at radius 3 is 2.46 bits per heavy atom. The van der Waals surface area contributed by atoms with Gasteiger partial charge in [-0.05, 0) is 46.5 Å². The zero-order chi connectivity index (χ0) is 26.6. The van der Waals surface area contributed by atoms with E-state index in [1.807, 2.05) is 49.9 Å². The molecule has 198 valence electrons. The molecule has 8 aromatic rings. The number of thiazole rings is 1. The Morgan fingerprint density at radius 1 is 0.780 bits per heavy atom. The number of aromatic nitrogens is 5. The summed E-state index contributed by atoms with van der Waals surface area (Å²) in [7, 11) is 2.03. The summed E-state index contributed by atoms with van der Waals surface area (Å²) >= 11 is 1.68. The van der Waals surface area contributed by atoms with E-state index in [9.17, 15) is 0 Å². The van der Waals surface area contributed by atoms with Crippen LogP contribution in [-0.2, 0) is 28.1 Å². The average Bonchev–Trinajstić information content (AvgIpc) is 3.72. The van der Waals surface area contributed by atoms with Crippen molar-refractivity contribution in [3.8, 4) is 38.9 Å². The number of hydrogen-bond acceptors (Lipinski definition) is 4. The Bertz CT molecular complexity index is 2160. The zero-order valence-corrected chi connectivity index (χ0v) is 24.9. The van der Waals surface area contributed by atoms with Crippen molar-refractivity contribution in [1.29, 1.82) is 0 Å². The number of hydrogen-bond donors (Lipinski definition) is 0. The summed E-state index contributed by atoms with van der Waals surface area (Å²) in [4.78, 5) is 14.3. The molecule has 7 heteroatoms. The van der Waals surface area contributed by atoms with E-state index in [0.29, 0.717) is 0 Å². The Labute approximate surface area is 255 Å². The zero-order valence-electron chi connectivity index (χ0n) is 21.9. The first-order valence-electron chi connectivity index (χ1n) is 13.0. The van der Waals surface area contributed by atoms with Crippen molar-refractivity contribution < 1.29 is 21.1 Å². The van der Waals surface area contributed by atoms with Crippen molar-refractivity contribution in [2.75, 3.05) is 0 Å². The molecular weight excluding hydrogens is 706 g/mol. The largest absolute Gasteiger partial charge is 2.00 e. The third-order valence-electron chi connectivity index (χ3n) is 7.23. The second-order valence-corrected chi connectivity index (χ2v) is 10.7. The minimum atomic E-state index is 0. The minimum absolute atomic E-state index is 0. The maximum absolute atomic E-state index is 4.98. The van der Waals surface area contributed by atoms with Gasteiger partial charge in [0.05, 0.1) is 5.52 Å². The van der Waals surface area contributed by atoms with Crippen LogP contribution in [0.5, 0.6) is 0 Å². The predicted octanol–water partition coefficient (Wildman–Crippen LogP) is 8.12. The molecule has 41 heavy (non-hydrogen) atoms. The molecule has 0 spiro atoms. The van der Waals surface area contributed by atoms with E-state index in [4.69, 9.17) is 9.97 Å². The minimum Gasteiger partial charge on any atom is -0.346 e. The number of benzene rings is 4. The second-order valence-electron chi connectivity index (χ2n) is 9.69. The van der Waals surface area contributed by atoms with E-state index < -0.39 is 0 Å². The maximum atomic E-state index is 4.98. The van der Waals surface area contributed by atoms with Crippen LogP contribution in [0.25, 0.3) is 70.9 Å². The summed E-state index contributed by atoms with van der Waals surface area (Å²) in [5.74, 6) is 0.899. The topological polar surface area (TPSA) is 48.5 Å². The van der Waals surface area contributed by atoms with Gasteiger partial charge >= 0.3 is 21.1 Å². The standard InChI is InChI=1S/C34H21N5S.Pt/c1-38-18-17-36-33(38)26-20-23(34-37-28-13-3-5-15-31(28)40-34)21-30-32(26)25-11-2-4-14-29(25)39(30)24-10-8-9-22(19-24)27-12-6-7-16-35-27;/h2-18,20H,1H3;/q-2;+2. The van der Waals surface area contributed by atoms with Crippen LogP contribution in [0, 0.1) is 12.1 Å². The molecule has 0 unspecified atom stereocenters. The number of para-hydroxylation sites is 2. The fraction of sp³-hybridized carbons (Fsp3) is 0.0294. The number of nitrogens with zero attached hydrogens (tertiary/aromatic N) is 5. The molecule has 0 aliphatic heterocycles. The van der Waals surface area contributed by atoms with Crippen LogP contribution in [-0.4, -0.2) is 24.1 Å². The number of aryl methyl sites for hydroxylation is 1. The van der Waals surface area contributed by atoms with Crippen LogP contribution in [0.15, 0.2) is 110 Å². The molecule has 4 aromatic heterocycles. The molecular formula is C34H21N5PtS. The Hall–Kier alpha value is -4.38. The van der Waals surface area contributed by atoms with Gasteiger partial charge < -0.3 is 14.1 Å². The van der Waals surface area contributed by atoms with Crippen molar-refractivity contribution in [3.05, 3.63) is 122 Å². The summed E-state index contributed by atoms with van der Waals surface area (Å²) in [6.45, 7) is 0.